The van der Waals surface area contributed by atoms with E-state index < -0.39 is 0 Å². The molecule has 4 nitrogen and oxygen atoms in total. The van der Waals surface area contributed by atoms with Crippen LogP contribution in [0.15, 0.2) is 30.3 Å². The van der Waals surface area contributed by atoms with Crippen molar-refractivity contribution in [3.8, 4) is 0 Å². The molecule has 0 bridgehead atoms. The zero-order valence-corrected chi connectivity index (χ0v) is 12.9. The van der Waals surface area contributed by atoms with Gasteiger partial charge in [0.2, 0.25) is 11.8 Å². The minimum absolute atomic E-state index is 0.0473. The fourth-order valence-corrected chi connectivity index (χ4v) is 2.76. The van der Waals surface area contributed by atoms with Crippen molar-refractivity contribution in [2.45, 2.75) is 33.1 Å². The van der Waals surface area contributed by atoms with Crippen LogP contribution >= 0.6 is 0 Å². The molecule has 1 unspecified atom stereocenters. The summed E-state index contributed by atoms with van der Waals surface area (Å²) in [6, 6.07) is 9.59. The Kier molecular flexibility index (Phi) is 5.37. The highest BCUT2D eigenvalue weighted by Crippen LogP contribution is 2.26. The molecule has 1 fully saturated rings. The van der Waals surface area contributed by atoms with Crippen LogP contribution in [0.2, 0.25) is 0 Å². The molecule has 1 aliphatic heterocycles. The van der Waals surface area contributed by atoms with Crippen molar-refractivity contribution in [2.75, 3.05) is 24.5 Å². The summed E-state index contributed by atoms with van der Waals surface area (Å²) in [7, 11) is 0. The number of benzene rings is 1. The maximum absolute atomic E-state index is 12.6. The minimum atomic E-state index is -0.200. The Labute approximate surface area is 126 Å². The molecule has 1 aromatic carbocycles. The number of nitrogens with zero attached hydrogens (tertiary/aromatic N) is 2. The molecule has 0 N–H and O–H groups in total. The number of amides is 2. The summed E-state index contributed by atoms with van der Waals surface area (Å²) in [4.78, 5) is 28.3. The van der Waals surface area contributed by atoms with Gasteiger partial charge in [-0.05, 0) is 25.5 Å². The van der Waals surface area contributed by atoms with E-state index >= 15 is 0 Å². The van der Waals surface area contributed by atoms with Crippen LogP contribution in [0.3, 0.4) is 0 Å². The largest absolute Gasteiger partial charge is 0.343 e. The second-order valence-corrected chi connectivity index (χ2v) is 5.51. The summed E-state index contributed by atoms with van der Waals surface area (Å²) in [6.45, 7) is 6.13. The van der Waals surface area contributed by atoms with Crippen molar-refractivity contribution in [3.63, 3.8) is 0 Å². The average molecular weight is 288 g/mol. The number of anilines is 1. The van der Waals surface area contributed by atoms with Gasteiger partial charge in [-0.3, -0.25) is 9.59 Å². The van der Waals surface area contributed by atoms with E-state index in [0.29, 0.717) is 13.0 Å². The molecular formula is C17H24N2O2. The number of hydrogen-bond donors (Lipinski definition) is 0. The third-order valence-corrected chi connectivity index (χ3v) is 4.02. The van der Waals surface area contributed by atoms with E-state index in [-0.39, 0.29) is 17.7 Å². The number of para-hydroxylation sites is 1. The molecule has 4 heteroatoms. The van der Waals surface area contributed by atoms with Crippen molar-refractivity contribution < 1.29 is 9.59 Å². The molecule has 21 heavy (non-hydrogen) atoms. The van der Waals surface area contributed by atoms with Crippen LogP contribution in [0, 0.1) is 5.92 Å². The first-order valence-corrected chi connectivity index (χ1v) is 7.81. The second-order valence-electron chi connectivity index (χ2n) is 5.51. The molecule has 1 heterocycles. The SMILES string of the molecule is CCCCN(CC)C(=O)C1CC(=O)N(c2ccccc2)C1. The molecule has 0 radical (unpaired) electrons. The summed E-state index contributed by atoms with van der Waals surface area (Å²) in [5.74, 6) is -0.0293. The lowest BCUT2D eigenvalue weighted by Gasteiger charge is -2.24. The number of unbranched alkanes of at least 4 members (excludes halogenated alkanes) is 1. The molecule has 1 atom stereocenters. The van der Waals surface area contributed by atoms with Gasteiger partial charge in [0.25, 0.3) is 0 Å². The van der Waals surface area contributed by atoms with Gasteiger partial charge in [-0.15, -0.1) is 0 Å². The van der Waals surface area contributed by atoms with Crippen molar-refractivity contribution >= 4 is 17.5 Å². The van der Waals surface area contributed by atoms with Crippen molar-refractivity contribution in [3.05, 3.63) is 30.3 Å². The number of rotatable bonds is 6. The Hall–Kier alpha value is -1.84. The number of carbonyl (C=O) groups excluding carboxylic acids is 2. The minimum Gasteiger partial charge on any atom is -0.343 e. The Morgan fingerprint density at radius 1 is 1.29 bits per heavy atom. The molecule has 114 valence electrons. The van der Waals surface area contributed by atoms with Gasteiger partial charge in [0.05, 0.1) is 5.92 Å². The first-order valence-electron chi connectivity index (χ1n) is 7.81. The van der Waals surface area contributed by atoms with Gasteiger partial charge in [0.15, 0.2) is 0 Å². The third-order valence-electron chi connectivity index (χ3n) is 4.02. The smallest absolute Gasteiger partial charge is 0.228 e. The van der Waals surface area contributed by atoms with Gasteiger partial charge >= 0.3 is 0 Å². The second kappa shape index (κ2) is 7.25. The topological polar surface area (TPSA) is 40.6 Å². The highest BCUT2D eigenvalue weighted by atomic mass is 16.2. The first kappa shape index (κ1) is 15.5. The monoisotopic (exact) mass is 288 g/mol. The summed E-state index contributed by atoms with van der Waals surface area (Å²) < 4.78 is 0. The van der Waals surface area contributed by atoms with Crippen molar-refractivity contribution in [1.29, 1.82) is 0 Å². The van der Waals surface area contributed by atoms with E-state index in [4.69, 9.17) is 0 Å². The molecule has 1 saturated heterocycles. The van der Waals surface area contributed by atoms with Crippen LogP contribution < -0.4 is 4.90 Å². The van der Waals surface area contributed by atoms with Crippen LogP contribution in [-0.2, 0) is 9.59 Å². The van der Waals surface area contributed by atoms with E-state index in [1.54, 1.807) is 4.90 Å². The highest BCUT2D eigenvalue weighted by molar-refractivity contribution is 6.00. The third kappa shape index (κ3) is 3.63. The molecule has 0 aliphatic carbocycles. The van der Waals surface area contributed by atoms with Crippen LogP contribution in [-0.4, -0.2) is 36.3 Å². The standard InChI is InChI=1S/C17H24N2O2/c1-3-5-11-18(4-2)17(21)14-12-16(20)19(13-14)15-9-7-6-8-10-15/h6-10,14H,3-5,11-13H2,1-2H3. The van der Waals surface area contributed by atoms with Crippen LogP contribution in [0.5, 0.6) is 0 Å². The highest BCUT2D eigenvalue weighted by Gasteiger charge is 2.36. The predicted octanol–water partition coefficient (Wildman–Crippen LogP) is 2.69. The molecule has 0 saturated carbocycles. The summed E-state index contributed by atoms with van der Waals surface area (Å²) in [5.41, 5.74) is 0.884. The van der Waals surface area contributed by atoms with Crippen molar-refractivity contribution in [1.82, 2.24) is 4.90 Å². The van der Waals surface area contributed by atoms with Gasteiger partial charge in [-0.2, -0.15) is 0 Å². The fourth-order valence-electron chi connectivity index (χ4n) is 2.76. The maximum Gasteiger partial charge on any atom is 0.228 e. The van der Waals surface area contributed by atoms with Gasteiger partial charge in [-0.25, -0.2) is 0 Å². The van der Waals surface area contributed by atoms with E-state index in [1.807, 2.05) is 42.2 Å². The van der Waals surface area contributed by atoms with Gasteiger partial charge in [0.1, 0.15) is 0 Å². The molecule has 0 spiro atoms. The summed E-state index contributed by atoms with van der Waals surface area (Å²) >= 11 is 0. The van der Waals surface area contributed by atoms with E-state index in [9.17, 15) is 9.59 Å². The lowest BCUT2D eigenvalue weighted by Crippen LogP contribution is -2.38. The fraction of sp³-hybridized carbons (Fsp3) is 0.529. The van der Waals surface area contributed by atoms with E-state index in [0.717, 1.165) is 31.6 Å². The van der Waals surface area contributed by atoms with Gasteiger partial charge in [0, 0.05) is 31.7 Å². The molecular weight excluding hydrogens is 264 g/mol. The molecule has 2 rings (SSSR count). The van der Waals surface area contributed by atoms with Crippen LogP contribution in [0.25, 0.3) is 0 Å². The lowest BCUT2D eigenvalue weighted by atomic mass is 10.1. The Bertz CT molecular complexity index is 487. The van der Waals surface area contributed by atoms with Crippen LogP contribution in [0.1, 0.15) is 33.1 Å². The Balaban J connectivity index is 2.03. The molecule has 1 aromatic rings. The Morgan fingerprint density at radius 2 is 2.00 bits per heavy atom. The summed E-state index contributed by atoms with van der Waals surface area (Å²) in [5, 5.41) is 0. The molecule has 0 aromatic heterocycles. The van der Waals surface area contributed by atoms with E-state index in [1.165, 1.54) is 0 Å². The zero-order valence-electron chi connectivity index (χ0n) is 12.9. The zero-order chi connectivity index (χ0) is 15.2. The van der Waals surface area contributed by atoms with Gasteiger partial charge < -0.3 is 9.80 Å². The Morgan fingerprint density at radius 3 is 2.62 bits per heavy atom. The van der Waals surface area contributed by atoms with Gasteiger partial charge in [-0.1, -0.05) is 31.5 Å². The van der Waals surface area contributed by atoms with Crippen molar-refractivity contribution in [2.24, 2.45) is 5.92 Å². The average Bonchev–Trinajstić information content (AvgIpc) is 2.90. The van der Waals surface area contributed by atoms with Crippen LogP contribution in [0.4, 0.5) is 5.69 Å². The quantitative estimate of drug-likeness (QED) is 0.807. The first-order chi connectivity index (χ1) is 10.2. The maximum atomic E-state index is 12.6. The normalized spacial score (nSPS) is 18.1. The van der Waals surface area contributed by atoms with E-state index in [2.05, 4.69) is 6.92 Å². The predicted molar refractivity (Wildman–Crippen MR) is 84.1 cm³/mol. The molecule has 1 aliphatic rings. The lowest BCUT2D eigenvalue weighted by molar-refractivity contribution is -0.135. The molecule has 2 amide bonds. The summed E-state index contributed by atoms with van der Waals surface area (Å²) in [6.07, 6.45) is 2.42. The number of carbonyl (C=O) groups is 2. The number of hydrogen-bond acceptors (Lipinski definition) is 2.